The van der Waals surface area contributed by atoms with Crippen molar-refractivity contribution < 1.29 is 14.6 Å². The first kappa shape index (κ1) is 13.9. The number of nitrogens with zero attached hydrogens (tertiary/aromatic N) is 1. The molecule has 1 N–H and O–H groups in total. The molecule has 0 saturated carbocycles. The summed E-state index contributed by atoms with van der Waals surface area (Å²) < 4.78 is 5.38. The van der Waals surface area contributed by atoms with Crippen LogP contribution in [0.1, 0.15) is 24.8 Å². The smallest absolute Gasteiger partial charge is 0.304 e. The van der Waals surface area contributed by atoms with Crippen molar-refractivity contribution in [3.8, 4) is 5.75 Å². The summed E-state index contributed by atoms with van der Waals surface area (Å²) in [6.07, 6.45) is 3.45. The van der Waals surface area contributed by atoms with Crippen molar-refractivity contribution in [2.45, 2.75) is 31.7 Å². The van der Waals surface area contributed by atoms with E-state index in [2.05, 4.69) is 11.0 Å². The Bertz CT molecular complexity index is 433. The van der Waals surface area contributed by atoms with Gasteiger partial charge in [0.2, 0.25) is 0 Å². The molecule has 0 radical (unpaired) electrons. The molecular formula is C15H21NO3. The van der Waals surface area contributed by atoms with Gasteiger partial charge in [-0.1, -0.05) is 18.2 Å². The van der Waals surface area contributed by atoms with Gasteiger partial charge in [0, 0.05) is 12.6 Å². The first-order chi connectivity index (χ1) is 9.20. The fraction of sp³-hybridized carbons (Fsp3) is 0.533. The average Bonchev–Trinajstić information content (AvgIpc) is 2.84. The van der Waals surface area contributed by atoms with Gasteiger partial charge in [-0.3, -0.25) is 9.69 Å². The average molecular weight is 263 g/mol. The maximum atomic E-state index is 10.7. The highest BCUT2D eigenvalue weighted by atomic mass is 16.5. The molecule has 2 rings (SSSR count). The molecule has 104 valence electrons. The van der Waals surface area contributed by atoms with Gasteiger partial charge in [-0.25, -0.2) is 0 Å². The lowest BCUT2D eigenvalue weighted by Gasteiger charge is -2.24. The predicted octanol–water partition coefficient (Wildman–Crippen LogP) is 2.18. The lowest BCUT2D eigenvalue weighted by atomic mass is 10.0. The van der Waals surface area contributed by atoms with Crippen molar-refractivity contribution >= 4 is 5.97 Å². The molecule has 1 fully saturated rings. The lowest BCUT2D eigenvalue weighted by Crippen LogP contribution is -2.33. The van der Waals surface area contributed by atoms with Crippen molar-refractivity contribution in [1.29, 1.82) is 0 Å². The van der Waals surface area contributed by atoms with Gasteiger partial charge in [0.15, 0.2) is 0 Å². The van der Waals surface area contributed by atoms with E-state index in [-0.39, 0.29) is 6.42 Å². The van der Waals surface area contributed by atoms with Gasteiger partial charge in [-0.2, -0.15) is 0 Å². The van der Waals surface area contributed by atoms with Crippen LogP contribution < -0.4 is 4.74 Å². The Balaban J connectivity index is 1.98. The van der Waals surface area contributed by atoms with E-state index in [1.54, 1.807) is 7.11 Å². The van der Waals surface area contributed by atoms with E-state index in [1.807, 2.05) is 18.2 Å². The second kappa shape index (κ2) is 6.57. The third-order valence-corrected chi connectivity index (χ3v) is 3.76. The fourth-order valence-electron chi connectivity index (χ4n) is 2.79. The van der Waals surface area contributed by atoms with Crippen LogP contribution >= 0.6 is 0 Å². The third kappa shape index (κ3) is 3.70. The van der Waals surface area contributed by atoms with Crippen LogP contribution in [0.25, 0.3) is 0 Å². The second-order valence-electron chi connectivity index (χ2n) is 4.99. The topological polar surface area (TPSA) is 49.8 Å². The van der Waals surface area contributed by atoms with Gasteiger partial charge < -0.3 is 9.84 Å². The summed E-state index contributed by atoms with van der Waals surface area (Å²) in [5.74, 6) is 0.204. The molecule has 1 heterocycles. The summed E-state index contributed by atoms with van der Waals surface area (Å²) in [4.78, 5) is 13.0. The molecule has 1 aromatic carbocycles. The van der Waals surface area contributed by atoms with Crippen molar-refractivity contribution in [2.24, 2.45) is 0 Å². The van der Waals surface area contributed by atoms with Gasteiger partial charge in [-0.15, -0.1) is 0 Å². The van der Waals surface area contributed by atoms with Crippen molar-refractivity contribution in [3.63, 3.8) is 0 Å². The Morgan fingerprint density at radius 3 is 3.00 bits per heavy atom. The minimum absolute atomic E-state index is 0.225. The van der Waals surface area contributed by atoms with E-state index in [0.29, 0.717) is 12.6 Å². The van der Waals surface area contributed by atoms with E-state index < -0.39 is 5.97 Å². The molecule has 1 aromatic rings. The summed E-state index contributed by atoms with van der Waals surface area (Å²) in [5.41, 5.74) is 1.21. The monoisotopic (exact) mass is 263 g/mol. The molecule has 19 heavy (non-hydrogen) atoms. The molecule has 1 saturated heterocycles. The number of rotatable bonds is 6. The summed E-state index contributed by atoms with van der Waals surface area (Å²) in [5, 5.41) is 8.79. The van der Waals surface area contributed by atoms with Gasteiger partial charge >= 0.3 is 5.97 Å². The van der Waals surface area contributed by atoms with E-state index in [1.165, 1.54) is 5.56 Å². The van der Waals surface area contributed by atoms with Gasteiger partial charge in [0.1, 0.15) is 5.75 Å². The van der Waals surface area contributed by atoms with E-state index in [0.717, 1.165) is 31.6 Å². The van der Waals surface area contributed by atoms with Gasteiger partial charge in [0.25, 0.3) is 0 Å². The maximum Gasteiger partial charge on any atom is 0.304 e. The second-order valence-corrected chi connectivity index (χ2v) is 4.99. The van der Waals surface area contributed by atoms with Crippen molar-refractivity contribution in [2.75, 3.05) is 20.2 Å². The predicted molar refractivity (Wildman–Crippen MR) is 73.5 cm³/mol. The molecule has 0 amide bonds. The van der Waals surface area contributed by atoms with E-state index in [4.69, 9.17) is 9.84 Å². The number of para-hydroxylation sites is 1. The van der Waals surface area contributed by atoms with Crippen molar-refractivity contribution in [1.82, 2.24) is 4.90 Å². The number of likely N-dealkylation sites (tertiary alicyclic amines) is 1. The van der Waals surface area contributed by atoms with E-state index >= 15 is 0 Å². The molecule has 0 spiro atoms. The summed E-state index contributed by atoms with van der Waals surface area (Å²) in [6, 6.07) is 8.50. The quantitative estimate of drug-likeness (QED) is 0.854. The van der Waals surface area contributed by atoms with Crippen LogP contribution in [-0.4, -0.2) is 42.2 Å². The summed E-state index contributed by atoms with van der Waals surface area (Å²) in [6.45, 7) is 1.66. The highest BCUT2D eigenvalue weighted by molar-refractivity contribution is 5.66. The van der Waals surface area contributed by atoms with Crippen LogP contribution in [0.5, 0.6) is 5.75 Å². The largest absolute Gasteiger partial charge is 0.496 e. The van der Waals surface area contributed by atoms with Crippen LogP contribution in [0.4, 0.5) is 0 Å². The standard InChI is InChI=1S/C15H21NO3/c1-19-14-7-3-2-5-12(14)11-13-6-4-9-16(13)10-8-15(17)18/h2-3,5,7,13H,4,6,8-11H2,1H3,(H,17,18)/t13-/m1/s1. The minimum atomic E-state index is -0.719. The number of ether oxygens (including phenoxy) is 1. The molecule has 4 nitrogen and oxygen atoms in total. The zero-order chi connectivity index (χ0) is 13.7. The van der Waals surface area contributed by atoms with Crippen LogP contribution in [-0.2, 0) is 11.2 Å². The van der Waals surface area contributed by atoms with Crippen LogP contribution in [0, 0.1) is 0 Å². The van der Waals surface area contributed by atoms with Crippen LogP contribution in [0.3, 0.4) is 0 Å². The van der Waals surface area contributed by atoms with Crippen LogP contribution in [0.2, 0.25) is 0 Å². The number of carbonyl (C=O) groups is 1. The first-order valence-corrected chi connectivity index (χ1v) is 6.78. The zero-order valence-electron chi connectivity index (χ0n) is 11.3. The Morgan fingerprint density at radius 2 is 2.26 bits per heavy atom. The molecular weight excluding hydrogens is 242 g/mol. The Kier molecular flexibility index (Phi) is 4.80. The molecule has 0 aliphatic carbocycles. The third-order valence-electron chi connectivity index (χ3n) is 3.76. The number of hydrogen-bond donors (Lipinski definition) is 1. The normalized spacial score (nSPS) is 19.5. The zero-order valence-corrected chi connectivity index (χ0v) is 11.3. The van der Waals surface area contributed by atoms with Gasteiger partial charge in [-0.05, 0) is 37.4 Å². The van der Waals surface area contributed by atoms with E-state index in [9.17, 15) is 4.79 Å². The first-order valence-electron chi connectivity index (χ1n) is 6.78. The molecule has 0 bridgehead atoms. The number of carboxylic acid groups (broad SMARTS) is 1. The van der Waals surface area contributed by atoms with Crippen LogP contribution in [0.15, 0.2) is 24.3 Å². The Morgan fingerprint density at radius 1 is 1.47 bits per heavy atom. The maximum absolute atomic E-state index is 10.7. The number of hydrogen-bond acceptors (Lipinski definition) is 3. The highest BCUT2D eigenvalue weighted by Gasteiger charge is 2.25. The lowest BCUT2D eigenvalue weighted by molar-refractivity contribution is -0.137. The number of aliphatic carboxylic acids is 1. The molecule has 4 heteroatoms. The minimum Gasteiger partial charge on any atom is -0.496 e. The Labute approximate surface area is 114 Å². The SMILES string of the molecule is COc1ccccc1C[C@H]1CCCN1CCC(=O)O. The molecule has 1 aliphatic heterocycles. The molecule has 1 atom stereocenters. The molecule has 0 aromatic heterocycles. The fourth-order valence-corrected chi connectivity index (χ4v) is 2.79. The molecule has 1 aliphatic rings. The van der Waals surface area contributed by atoms with Crippen molar-refractivity contribution in [3.05, 3.63) is 29.8 Å². The number of carboxylic acids is 1. The highest BCUT2D eigenvalue weighted by Crippen LogP contribution is 2.25. The Hall–Kier alpha value is -1.55. The summed E-state index contributed by atoms with van der Waals surface area (Å²) in [7, 11) is 1.69. The number of benzene rings is 1. The number of methoxy groups -OCH3 is 1. The van der Waals surface area contributed by atoms with Gasteiger partial charge in [0.05, 0.1) is 13.5 Å². The molecule has 0 unspecified atom stereocenters. The summed E-state index contributed by atoms with van der Waals surface area (Å²) >= 11 is 0.